The van der Waals surface area contributed by atoms with Crippen molar-refractivity contribution in [2.75, 3.05) is 13.7 Å². The first-order valence-corrected chi connectivity index (χ1v) is 6.39. The van der Waals surface area contributed by atoms with Crippen molar-refractivity contribution in [2.45, 2.75) is 18.9 Å². The van der Waals surface area contributed by atoms with Gasteiger partial charge < -0.3 is 9.64 Å². The number of rotatable bonds is 4. The maximum atomic E-state index is 11.7. The van der Waals surface area contributed by atoms with Crippen LogP contribution in [0.25, 0.3) is 0 Å². The molecule has 0 aromatic heterocycles. The molecule has 1 amide bonds. The first-order chi connectivity index (χ1) is 7.66. The number of amides is 1. The van der Waals surface area contributed by atoms with Gasteiger partial charge in [0.1, 0.15) is 5.75 Å². The molecule has 16 heavy (non-hydrogen) atoms. The van der Waals surface area contributed by atoms with Crippen molar-refractivity contribution in [3.05, 3.63) is 27.8 Å². The molecule has 1 aromatic rings. The molecule has 0 N–H and O–H groups in total. The Hall–Kier alpha value is -0.780. The molecule has 0 aliphatic heterocycles. The Morgan fingerprint density at radius 2 is 2.31 bits per heavy atom. The monoisotopic (exact) mass is 331 g/mol. The average Bonchev–Trinajstić information content (AvgIpc) is 3.09. The molecule has 0 spiro atoms. The van der Waals surface area contributed by atoms with E-state index in [0.717, 1.165) is 22.2 Å². The summed E-state index contributed by atoms with van der Waals surface area (Å²) >= 11 is 2.22. The van der Waals surface area contributed by atoms with Crippen LogP contribution < -0.4 is 4.74 Å². The molecule has 0 heterocycles. The number of carbonyl (C=O) groups is 1. The average molecular weight is 331 g/mol. The molecule has 1 aromatic carbocycles. The molecular weight excluding hydrogens is 317 g/mol. The van der Waals surface area contributed by atoms with Crippen molar-refractivity contribution in [3.63, 3.8) is 0 Å². The van der Waals surface area contributed by atoms with Gasteiger partial charge in [-0.25, -0.2) is 0 Å². The van der Waals surface area contributed by atoms with Crippen LogP contribution in [0.15, 0.2) is 24.3 Å². The van der Waals surface area contributed by atoms with Crippen molar-refractivity contribution in [3.8, 4) is 5.75 Å². The minimum absolute atomic E-state index is 0.0568. The SMILES string of the molecule is CN(C(=O)COc1cccc(I)c1)C1CC1. The second-order valence-corrected chi connectivity index (χ2v) is 5.23. The lowest BCUT2D eigenvalue weighted by Crippen LogP contribution is -2.33. The van der Waals surface area contributed by atoms with Crippen LogP contribution in [0.5, 0.6) is 5.75 Å². The third kappa shape index (κ3) is 3.10. The fraction of sp³-hybridized carbons (Fsp3) is 0.417. The van der Waals surface area contributed by atoms with Crippen LogP contribution >= 0.6 is 22.6 Å². The second kappa shape index (κ2) is 5.03. The van der Waals surface area contributed by atoms with Gasteiger partial charge in [0.25, 0.3) is 5.91 Å². The maximum absolute atomic E-state index is 11.7. The highest BCUT2D eigenvalue weighted by atomic mass is 127. The lowest BCUT2D eigenvalue weighted by molar-refractivity contribution is -0.132. The van der Waals surface area contributed by atoms with Gasteiger partial charge in [0.15, 0.2) is 6.61 Å². The molecule has 2 rings (SSSR count). The lowest BCUT2D eigenvalue weighted by atomic mass is 10.3. The molecule has 0 atom stereocenters. The highest BCUT2D eigenvalue weighted by molar-refractivity contribution is 14.1. The predicted molar refractivity (Wildman–Crippen MR) is 70.4 cm³/mol. The van der Waals surface area contributed by atoms with Gasteiger partial charge in [-0.3, -0.25) is 4.79 Å². The third-order valence-electron chi connectivity index (χ3n) is 2.65. The minimum Gasteiger partial charge on any atom is -0.484 e. The lowest BCUT2D eigenvalue weighted by Gasteiger charge is -2.16. The van der Waals surface area contributed by atoms with Crippen LogP contribution in [0, 0.1) is 3.57 Å². The zero-order chi connectivity index (χ0) is 11.5. The molecule has 0 radical (unpaired) electrons. The summed E-state index contributed by atoms with van der Waals surface area (Å²) in [5.41, 5.74) is 0. The van der Waals surface area contributed by atoms with Gasteiger partial charge >= 0.3 is 0 Å². The molecule has 0 bridgehead atoms. The third-order valence-corrected chi connectivity index (χ3v) is 3.32. The maximum Gasteiger partial charge on any atom is 0.260 e. The second-order valence-electron chi connectivity index (χ2n) is 3.98. The number of halogens is 1. The van der Waals surface area contributed by atoms with Gasteiger partial charge in [-0.2, -0.15) is 0 Å². The Kier molecular flexibility index (Phi) is 3.68. The number of likely N-dealkylation sites (N-methyl/N-ethyl adjacent to an activating group) is 1. The fourth-order valence-electron chi connectivity index (χ4n) is 1.47. The van der Waals surface area contributed by atoms with Crippen molar-refractivity contribution in [2.24, 2.45) is 0 Å². The van der Waals surface area contributed by atoms with Crippen LogP contribution in [0.2, 0.25) is 0 Å². The number of benzene rings is 1. The number of nitrogens with zero attached hydrogens (tertiary/aromatic N) is 1. The van der Waals surface area contributed by atoms with E-state index in [2.05, 4.69) is 22.6 Å². The summed E-state index contributed by atoms with van der Waals surface area (Å²) in [6, 6.07) is 8.15. The van der Waals surface area contributed by atoms with E-state index >= 15 is 0 Å². The standard InChI is InChI=1S/C12H14INO2/c1-14(10-5-6-10)12(15)8-16-11-4-2-3-9(13)7-11/h2-4,7,10H,5-6,8H2,1H3. The molecule has 0 saturated heterocycles. The van der Waals surface area contributed by atoms with Crippen LogP contribution in [0.4, 0.5) is 0 Å². The van der Waals surface area contributed by atoms with Crippen molar-refractivity contribution >= 4 is 28.5 Å². The smallest absolute Gasteiger partial charge is 0.260 e. The molecule has 1 fully saturated rings. The van der Waals surface area contributed by atoms with E-state index < -0.39 is 0 Å². The summed E-state index contributed by atoms with van der Waals surface area (Å²) < 4.78 is 6.56. The fourth-order valence-corrected chi connectivity index (χ4v) is 1.98. The van der Waals surface area contributed by atoms with E-state index in [9.17, 15) is 4.79 Å². The van der Waals surface area contributed by atoms with Gasteiger partial charge in [-0.1, -0.05) is 6.07 Å². The van der Waals surface area contributed by atoms with E-state index in [0.29, 0.717) is 6.04 Å². The molecule has 0 unspecified atom stereocenters. The van der Waals surface area contributed by atoms with E-state index in [1.165, 1.54) is 0 Å². The number of hydrogen-bond donors (Lipinski definition) is 0. The quantitative estimate of drug-likeness (QED) is 0.793. The Morgan fingerprint density at radius 3 is 2.94 bits per heavy atom. The predicted octanol–water partition coefficient (Wildman–Crippen LogP) is 2.29. The topological polar surface area (TPSA) is 29.5 Å². The molecular formula is C12H14INO2. The molecule has 1 aliphatic rings. The van der Waals surface area contributed by atoms with Gasteiger partial charge in [-0.15, -0.1) is 0 Å². The molecule has 1 aliphatic carbocycles. The molecule has 86 valence electrons. The Labute approximate surface area is 109 Å². The first-order valence-electron chi connectivity index (χ1n) is 5.31. The summed E-state index contributed by atoms with van der Waals surface area (Å²) in [6.45, 7) is 0.132. The normalized spacial score (nSPS) is 14.6. The molecule has 3 nitrogen and oxygen atoms in total. The van der Waals surface area contributed by atoms with E-state index in [4.69, 9.17) is 4.74 Å². The van der Waals surface area contributed by atoms with Crippen LogP contribution in [0.1, 0.15) is 12.8 Å². The van der Waals surface area contributed by atoms with Gasteiger partial charge in [0.2, 0.25) is 0 Å². The number of ether oxygens (including phenoxy) is 1. The van der Waals surface area contributed by atoms with Crippen LogP contribution in [-0.4, -0.2) is 30.5 Å². The summed E-state index contributed by atoms with van der Waals surface area (Å²) in [5.74, 6) is 0.811. The zero-order valence-corrected chi connectivity index (χ0v) is 11.3. The van der Waals surface area contributed by atoms with Crippen molar-refractivity contribution in [1.82, 2.24) is 4.90 Å². The zero-order valence-electron chi connectivity index (χ0n) is 9.15. The summed E-state index contributed by atoms with van der Waals surface area (Å²) in [4.78, 5) is 13.5. The van der Waals surface area contributed by atoms with Crippen molar-refractivity contribution < 1.29 is 9.53 Å². The highest BCUT2D eigenvalue weighted by Crippen LogP contribution is 2.25. The Balaban J connectivity index is 1.84. The van der Waals surface area contributed by atoms with E-state index in [1.807, 2.05) is 31.3 Å². The summed E-state index contributed by atoms with van der Waals surface area (Å²) in [6.07, 6.45) is 2.26. The van der Waals surface area contributed by atoms with E-state index in [-0.39, 0.29) is 12.5 Å². The number of hydrogen-bond acceptors (Lipinski definition) is 2. The number of carbonyl (C=O) groups excluding carboxylic acids is 1. The van der Waals surface area contributed by atoms with Crippen molar-refractivity contribution in [1.29, 1.82) is 0 Å². The van der Waals surface area contributed by atoms with Gasteiger partial charge in [0, 0.05) is 16.7 Å². The van der Waals surface area contributed by atoms with E-state index in [1.54, 1.807) is 4.90 Å². The Morgan fingerprint density at radius 1 is 1.56 bits per heavy atom. The first kappa shape index (κ1) is 11.7. The van der Waals surface area contributed by atoms with Crippen LogP contribution in [-0.2, 0) is 4.79 Å². The Bertz CT molecular complexity index is 390. The largest absolute Gasteiger partial charge is 0.484 e. The summed E-state index contributed by atoms with van der Waals surface area (Å²) in [5, 5.41) is 0. The highest BCUT2D eigenvalue weighted by Gasteiger charge is 2.29. The minimum atomic E-state index is 0.0568. The van der Waals surface area contributed by atoms with Crippen LogP contribution in [0.3, 0.4) is 0 Å². The summed E-state index contributed by atoms with van der Waals surface area (Å²) in [7, 11) is 1.85. The molecule has 1 saturated carbocycles. The van der Waals surface area contributed by atoms with Gasteiger partial charge in [0.05, 0.1) is 0 Å². The molecule has 4 heteroatoms. The van der Waals surface area contributed by atoms with Gasteiger partial charge in [-0.05, 0) is 53.6 Å².